The second-order valence-electron chi connectivity index (χ2n) is 6.22. The van der Waals surface area contributed by atoms with Crippen molar-refractivity contribution in [2.24, 2.45) is 0 Å². The first-order valence-corrected chi connectivity index (χ1v) is 8.08. The van der Waals surface area contributed by atoms with Crippen molar-refractivity contribution in [2.75, 3.05) is 39.9 Å². The molecule has 1 aliphatic heterocycles. The highest BCUT2D eigenvalue weighted by molar-refractivity contribution is 5.99. The van der Waals surface area contributed by atoms with Crippen LogP contribution in [-0.4, -0.2) is 71.0 Å². The van der Waals surface area contributed by atoms with Crippen LogP contribution in [0.25, 0.3) is 5.65 Å². The van der Waals surface area contributed by atoms with Crippen LogP contribution in [0, 0.1) is 6.92 Å². The van der Waals surface area contributed by atoms with Crippen LogP contribution < -0.4 is 0 Å². The first-order valence-electron chi connectivity index (χ1n) is 8.08. The highest BCUT2D eigenvalue weighted by atomic mass is 16.5. The fourth-order valence-corrected chi connectivity index (χ4v) is 3.12. The molecular weight excluding hydrogens is 292 g/mol. The van der Waals surface area contributed by atoms with Gasteiger partial charge in [-0.1, -0.05) is 0 Å². The number of carbonyl (C=O) groups excluding carboxylic acids is 1. The fourth-order valence-electron chi connectivity index (χ4n) is 3.12. The molecule has 1 saturated heterocycles. The van der Waals surface area contributed by atoms with Gasteiger partial charge in [0.05, 0.1) is 24.5 Å². The zero-order chi connectivity index (χ0) is 16.4. The first kappa shape index (κ1) is 16.0. The molecule has 1 amide bonds. The average molecular weight is 316 g/mol. The molecule has 0 N–H and O–H groups in total. The lowest BCUT2D eigenvalue weighted by Gasteiger charge is -2.34. The first-order chi connectivity index (χ1) is 11.1. The van der Waals surface area contributed by atoms with E-state index in [0.29, 0.717) is 18.2 Å². The van der Waals surface area contributed by atoms with E-state index in [2.05, 4.69) is 16.8 Å². The Morgan fingerprint density at radius 1 is 1.43 bits per heavy atom. The maximum absolute atomic E-state index is 12.8. The number of imidazole rings is 1. The van der Waals surface area contributed by atoms with Gasteiger partial charge in [0, 0.05) is 45.1 Å². The van der Waals surface area contributed by atoms with Gasteiger partial charge in [0.1, 0.15) is 5.65 Å². The molecule has 3 rings (SSSR count). The molecule has 2 aromatic heterocycles. The molecule has 0 aliphatic carbocycles. The summed E-state index contributed by atoms with van der Waals surface area (Å²) in [6, 6.07) is 4.05. The van der Waals surface area contributed by atoms with E-state index < -0.39 is 0 Å². The second kappa shape index (κ2) is 6.68. The van der Waals surface area contributed by atoms with Crippen LogP contribution in [0.1, 0.15) is 23.0 Å². The van der Waals surface area contributed by atoms with Crippen LogP contribution in [0.15, 0.2) is 24.5 Å². The third-order valence-electron chi connectivity index (χ3n) is 4.39. The van der Waals surface area contributed by atoms with Crippen LogP contribution in [0.4, 0.5) is 0 Å². The maximum Gasteiger partial charge on any atom is 0.257 e. The van der Waals surface area contributed by atoms with Gasteiger partial charge in [-0.2, -0.15) is 0 Å². The number of rotatable bonds is 4. The average Bonchev–Trinajstić information content (AvgIpc) is 2.95. The van der Waals surface area contributed by atoms with Crippen LogP contribution in [0.2, 0.25) is 0 Å². The number of fused-ring (bicyclic) bond motifs is 1. The molecule has 1 atom stereocenters. The maximum atomic E-state index is 12.8. The van der Waals surface area contributed by atoms with Gasteiger partial charge in [-0.25, -0.2) is 4.98 Å². The van der Waals surface area contributed by atoms with Gasteiger partial charge >= 0.3 is 0 Å². The lowest BCUT2D eigenvalue weighted by molar-refractivity contribution is 0.0142. The lowest BCUT2D eigenvalue weighted by atomic mass is 10.2. The Labute approximate surface area is 136 Å². The summed E-state index contributed by atoms with van der Waals surface area (Å²) in [6.07, 6.45) is 3.85. The van der Waals surface area contributed by atoms with Crippen LogP contribution in [0.3, 0.4) is 0 Å². The molecular formula is C17H24N4O2. The smallest absolute Gasteiger partial charge is 0.257 e. The van der Waals surface area contributed by atoms with Gasteiger partial charge in [0.2, 0.25) is 0 Å². The van der Waals surface area contributed by atoms with Crippen LogP contribution in [0.5, 0.6) is 0 Å². The number of pyridine rings is 1. The monoisotopic (exact) mass is 316 g/mol. The lowest BCUT2D eigenvalue weighted by Crippen LogP contribution is -2.47. The zero-order valence-electron chi connectivity index (χ0n) is 14.0. The van der Waals surface area contributed by atoms with E-state index in [1.54, 1.807) is 4.90 Å². The molecule has 0 radical (unpaired) electrons. The van der Waals surface area contributed by atoms with E-state index in [-0.39, 0.29) is 5.91 Å². The number of aromatic nitrogens is 2. The molecule has 124 valence electrons. The molecule has 1 aliphatic rings. The number of amides is 1. The number of morpholine rings is 1. The minimum absolute atomic E-state index is 0.0151. The third-order valence-corrected chi connectivity index (χ3v) is 4.39. The van der Waals surface area contributed by atoms with E-state index in [1.165, 1.54) is 0 Å². The van der Waals surface area contributed by atoms with Gasteiger partial charge in [0.25, 0.3) is 5.91 Å². The standard InChI is InChI=1S/C17H24N4O2/c1-13-11-21-6-4-5-15(16(21)18-13)17(22)19(3)12-14(2)20-7-9-23-10-8-20/h4-6,11,14H,7-10,12H2,1-3H3/t14-/m1/s1. The van der Waals surface area contributed by atoms with Crippen LogP contribution >= 0.6 is 0 Å². The fraction of sp³-hybridized carbons (Fsp3) is 0.529. The Hall–Kier alpha value is -1.92. The van der Waals surface area contributed by atoms with Crippen molar-refractivity contribution in [3.63, 3.8) is 0 Å². The Balaban J connectivity index is 1.73. The predicted molar refractivity (Wildman–Crippen MR) is 88.7 cm³/mol. The summed E-state index contributed by atoms with van der Waals surface area (Å²) in [6.45, 7) is 8.19. The molecule has 6 nitrogen and oxygen atoms in total. The topological polar surface area (TPSA) is 50.1 Å². The molecule has 0 spiro atoms. The van der Waals surface area contributed by atoms with Gasteiger partial charge < -0.3 is 14.0 Å². The van der Waals surface area contributed by atoms with Crippen molar-refractivity contribution in [3.8, 4) is 0 Å². The number of carbonyl (C=O) groups is 1. The molecule has 0 aromatic carbocycles. The molecule has 0 unspecified atom stereocenters. The highest BCUT2D eigenvalue weighted by Crippen LogP contribution is 2.14. The van der Waals surface area contributed by atoms with Gasteiger partial charge in [-0.3, -0.25) is 9.69 Å². The normalized spacial score (nSPS) is 17.3. The minimum atomic E-state index is 0.0151. The summed E-state index contributed by atoms with van der Waals surface area (Å²) in [4.78, 5) is 21.4. The van der Waals surface area contributed by atoms with E-state index in [1.807, 2.05) is 42.9 Å². The number of hydrogen-bond acceptors (Lipinski definition) is 4. The summed E-state index contributed by atoms with van der Waals surface area (Å²) < 4.78 is 7.29. The van der Waals surface area contributed by atoms with Gasteiger partial charge in [-0.05, 0) is 26.0 Å². The Bertz CT molecular complexity index is 691. The summed E-state index contributed by atoms with van der Waals surface area (Å²) in [5, 5.41) is 0. The quantitative estimate of drug-likeness (QED) is 0.856. The van der Waals surface area contributed by atoms with Crippen LogP contribution in [-0.2, 0) is 4.74 Å². The summed E-state index contributed by atoms with van der Waals surface area (Å²) >= 11 is 0. The second-order valence-corrected chi connectivity index (χ2v) is 6.22. The van der Waals surface area contributed by atoms with E-state index in [0.717, 1.165) is 37.6 Å². The van der Waals surface area contributed by atoms with Gasteiger partial charge in [0.15, 0.2) is 0 Å². The SMILES string of the molecule is Cc1cn2cccc(C(=O)N(C)C[C@@H](C)N3CCOCC3)c2n1. The van der Waals surface area contributed by atoms with Crippen molar-refractivity contribution in [1.82, 2.24) is 19.2 Å². The molecule has 2 aromatic rings. The molecule has 6 heteroatoms. The number of hydrogen-bond donors (Lipinski definition) is 0. The Morgan fingerprint density at radius 3 is 2.91 bits per heavy atom. The molecule has 0 saturated carbocycles. The molecule has 1 fully saturated rings. The number of nitrogens with zero attached hydrogens (tertiary/aromatic N) is 4. The number of likely N-dealkylation sites (N-methyl/N-ethyl adjacent to an activating group) is 1. The van der Waals surface area contributed by atoms with Crippen molar-refractivity contribution >= 4 is 11.6 Å². The minimum Gasteiger partial charge on any atom is -0.379 e. The van der Waals surface area contributed by atoms with E-state index >= 15 is 0 Å². The van der Waals surface area contributed by atoms with Gasteiger partial charge in [-0.15, -0.1) is 0 Å². The summed E-state index contributed by atoms with van der Waals surface area (Å²) in [5.41, 5.74) is 2.28. The Kier molecular flexibility index (Phi) is 4.63. The van der Waals surface area contributed by atoms with Crippen molar-refractivity contribution in [3.05, 3.63) is 35.8 Å². The van der Waals surface area contributed by atoms with Crippen molar-refractivity contribution in [2.45, 2.75) is 19.9 Å². The molecule has 3 heterocycles. The van der Waals surface area contributed by atoms with E-state index in [4.69, 9.17) is 4.74 Å². The zero-order valence-corrected chi connectivity index (χ0v) is 14.0. The highest BCUT2D eigenvalue weighted by Gasteiger charge is 2.22. The van der Waals surface area contributed by atoms with Crippen molar-refractivity contribution in [1.29, 1.82) is 0 Å². The predicted octanol–water partition coefficient (Wildman–Crippen LogP) is 1.44. The Morgan fingerprint density at radius 2 is 2.17 bits per heavy atom. The van der Waals surface area contributed by atoms with E-state index in [9.17, 15) is 4.79 Å². The molecule has 0 bridgehead atoms. The number of ether oxygens (including phenoxy) is 1. The summed E-state index contributed by atoms with van der Waals surface area (Å²) in [5.74, 6) is 0.0151. The molecule has 23 heavy (non-hydrogen) atoms. The third kappa shape index (κ3) is 3.38. The van der Waals surface area contributed by atoms with Crippen molar-refractivity contribution < 1.29 is 9.53 Å². The summed E-state index contributed by atoms with van der Waals surface area (Å²) in [7, 11) is 1.86. The largest absolute Gasteiger partial charge is 0.379 e. The number of aryl methyl sites for hydroxylation is 1.